The molecule has 1 aromatic rings. The molecule has 1 atom stereocenters. The second-order valence-electron chi connectivity index (χ2n) is 4.92. The summed E-state index contributed by atoms with van der Waals surface area (Å²) >= 11 is 0. The van der Waals surface area contributed by atoms with Gasteiger partial charge in [-0.25, -0.2) is 0 Å². The molecule has 1 aromatic heterocycles. The van der Waals surface area contributed by atoms with Gasteiger partial charge in [-0.1, -0.05) is 26.8 Å². The van der Waals surface area contributed by atoms with Crippen molar-refractivity contribution in [2.75, 3.05) is 13.1 Å². The van der Waals surface area contributed by atoms with E-state index < -0.39 is 0 Å². The Bertz CT molecular complexity index is 368. The van der Waals surface area contributed by atoms with Crippen LogP contribution in [0.15, 0.2) is 18.7 Å². The minimum Gasteiger partial charge on any atom is -0.316 e. The molecule has 1 heterocycles. The topological polar surface area (TPSA) is 29.9 Å². The van der Waals surface area contributed by atoms with Crippen molar-refractivity contribution in [3.8, 4) is 0 Å². The van der Waals surface area contributed by atoms with Crippen LogP contribution in [-0.2, 0) is 19.9 Å². The molecule has 1 unspecified atom stereocenters. The van der Waals surface area contributed by atoms with Crippen LogP contribution in [0.1, 0.15) is 32.2 Å². The van der Waals surface area contributed by atoms with Gasteiger partial charge in [0.15, 0.2) is 0 Å². The van der Waals surface area contributed by atoms with E-state index >= 15 is 0 Å². The normalized spacial score (nSPS) is 14.6. The number of aryl methyl sites for hydroxylation is 2. The van der Waals surface area contributed by atoms with Gasteiger partial charge in [-0.2, -0.15) is 5.10 Å². The zero-order valence-corrected chi connectivity index (χ0v) is 11.6. The molecule has 0 saturated heterocycles. The molecule has 0 aliphatic rings. The molecule has 0 aliphatic heterocycles. The van der Waals surface area contributed by atoms with Crippen LogP contribution in [0.25, 0.3) is 0 Å². The third-order valence-corrected chi connectivity index (χ3v) is 3.25. The predicted octanol–water partition coefficient (Wildman–Crippen LogP) is 2.33. The summed E-state index contributed by atoms with van der Waals surface area (Å²) in [6, 6.07) is 2.20. The van der Waals surface area contributed by atoms with Gasteiger partial charge in [0.05, 0.1) is 5.69 Å². The molecule has 0 radical (unpaired) electrons. The Morgan fingerprint density at radius 1 is 1.53 bits per heavy atom. The van der Waals surface area contributed by atoms with Crippen LogP contribution < -0.4 is 5.32 Å². The second kappa shape index (κ2) is 6.01. The largest absolute Gasteiger partial charge is 0.316 e. The van der Waals surface area contributed by atoms with Gasteiger partial charge in [0.1, 0.15) is 0 Å². The number of aromatic nitrogens is 2. The van der Waals surface area contributed by atoms with Crippen molar-refractivity contribution >= 4 is 0 Å². The van der Waals surface area contributed by atoms with Gasteiger partial charge in [0.2, 0.25) is 0 Å². The summed E-state index contributed by atoms with van der Waals surface area (Å²) in [5, 5.41) is 7.89. The average molecular weight is 235 g/mol. The van der Waals surface area contributed by atoms with E-state index in [1.165, 1.54) is 5.69 Å². The van der Waals surface area contributed by atoms with E-state index in [9.17, 15) is 0 Å². The van der Waals surface area contributed by atoms with Crippen LogP contribution in [0.4, 0.5) is 0 Å². The molecule has 0 fully saturated rings. The minimum atomic E-state index is 0.0921. The first kappa shape index (κ1) is 14.0. The lowest BCUT2D eigenvalue weighted by Gasteiger charge is -2.25. The van der Waals surface area contributed by atoms with E-state index in [2.05, 4.69) is 43.8 Å². The lowest BCUT2D eigenvalue weighted by atomic mass is 9.85. The molecule has 0 bridgehead atoms. The monoisotopic (exact) mass is 235 g/mol. The first-order valence-corrected chi connectivity index (χ1v) is 6.40. The fourth-order valence-electron chi connectivity index (χ4n) is 1.94. The number of rotatable bonds is 7. The highest BCUT2D eigenvalue weighted by atomic mass is 15.3. The zero-order valence-electron chi connectivity index (χ0n) is 11.6. The summed E-state index contributed by atoms with van der Waals surface area (Å²) in [4.78, 5) is 0. The molecule has 3 nitrogen and oxygen atoms in total. The summed E-state index contributed by atoms with van der Waals surface area (Å²) in [6.45, 7) is 12.4. The molecule has 1 N–H and O–H groups in total. The summed E-state index contributed by atoms with van der Waals surface area (Å²) in [6.07, 6.45) is 4.02. The van der Waals surface area contributed by atoms with Gasteiger partial charge in [0.25, 0.3) is 0 Å². The number of hydrogen-bond donors (Lipinski definition) is 1. The van der Waals surface area contributed by atoms with Gasteiger partial charge in [0, 0.05) is 24.7 Å². The van der Waals surface area contributed by atoms with E-state index in [0.717, 1.165) is 31.6 Å². The number of nitrogens with one attached hydrogen (secondary N) is 1. The fourth-order valence-corrected chi connectivity index (χ4v) is 1.94. The van der Waals surface area contributed by atoms with Crippen molar-refractivity contribution in [1.29, 1.82) is 0 Å². The quantitative estimate of drug-likeness (QED) is 0.735. The standard InChI is InChI=1S/C14H25N3/c1-6-12-9-13(17(5)16-12)10-14(4,7-2)11-15-8-3/h7,9,15H,2,6,8,10-11H2,1,3-5H3. The molecular formula is C14H25N3. The van der Waals surface area contributed by atoms with Crippen LogP contribution in [0.5, 0.6) is 0 Å². The molecule has 3 heteroatoms. The summed E-state index contributed by atoms with van der Waals surface area (Å²) in [5.41, 5.74) is 2.54. The average Bonchev–Trinajstić information content (AvgIpc) is 2.67. The highest BCUT2D eigenvalue weighted by molar-refractivity contribution is 5.14. The third-order valence-electron chi connectivity index (χ3n) is 3.25. The zero-order chi connectivity index (χ0) is 12.9. The Kier molecular flexibility index (Phi) is 4.94. The fraction of sp³-hybridized carbons (Fsp3) is 0.643. The van der Waals surface area contributed by atoms with Crippen molar-refractivity contribution in [2.24, 2.45) is 12.5 Å². The highest BCUT2D eigenvalue weighted by Gasteiger charge is 2.22. The Morgan fingerprint density at radius 2 is 2.24 bits per heavy atom. The molecular weight excluding hydrogens is 210 g/mol. The van der Waals surface area contributed by atoms with Crippen molar-refractivity contribution in [1.82, 2.24) is 15.1 Å². The maximum absolute atomic E-state index is 4.49. The molecule has 1 rings (SSSR count). The molecule has 0 spiro atoms. The van der Waals surface area contributed by atoms with Crippen molar-refractivity contribution in [2.45, 2.75) is 33.6 Å². The Labute approximate surface area is 105 Å². The SMILES string of the molecule is C=CC(C)(CNCC)Cc1cc(CC)nn1C. The van der Waals surface area contributed by atoms with Gasteiger partial charge >= 0.3 is 0 Å². The van der Waals surface area contributed by atoms with Crippen molar-refractivity contribution in [3.05, 3.63) is 30.1 Å². The molecule has 96 valence electrons. The van der Waals surface area contributed by atoms with Gasteiger partial charge in [-0.3, -0.25) is 4.68 Å². The van der Waals surface area contributed by atoms with Gasteiger partial charge in [-0.05, 0) is 25.5 Å². The van der Waals surface area contributed by atoms with E-state index in [1.807, 2.05) is 17.8 Å². The molecule has 0 amide bonds. The molecule has 0 aliphatic carbocycles. The molecule has 0 aromatic carbocycles. The van der Waals surface area contributed by atoms with Gasteiger partial charge in [-0.15, -0.1) is 6.58 Å². The first-order chi connectivity index (χ1) is 8.04. The van der Waals surface area contributed by atoms with Crippen LogP contribution in [0.3, 0.4) is 0 Å². The smallest absolute Gasteiger partial charge is 0.0624 e. The van der Waals surface area contributed by atoms with Crippen LogP contribution in [0.2, 0.25) is 0 Å². The van der Waals surface area contributed by atoms with E-state index in [1.54, 1.807) is 0 Å². The highest BCUT2D eigenvalue weighted by Crippen LogP contribution is 2.23. The van der Waals surface area contributed by atoms with E-state index in [4.69, 9.17) is 0 Å². The Morgan fingerprint density at radius 3 is 2.71 bits per heavy atom. The summed E-state index contributed by atoms with van der Waals surface area (Å²) in [7, 11) is 2.02. The summed E-state index contributed by atoms with van der Waals surface area (Å²) in [5.74, 6) is 0. The van der Waals surface area contributed by atoms with Crippen LogP contribution in [0, 0.1) is 5.41 Å². The van der Waals surface area contributed by atoms with E-state index in [-0.39, 0.29) is 5.41 Å². The van der Waals surface area contributed by atoms with Crippen molar-refractivity contribution < 1.29 is 0 Å². The Balaban J connectivity index is 2.78. The number of hydrogen-bond acceptors (Lipinski definition) is 2. The third kappa shape index (κ3) is 3.70. The maximum atomic E-state index is 4.49. The predicted molar refractivity (Wildman–Crippen MR) is 73.1 cm³/mol. The van der Waals surface area contributed by atoms with Crippen molar-refractivity contribution in [3.63, 3.8) is 0 Å². The molecule has 0 saturated carbocycles. The van der Waals surface area contributed by atoms with Crippen LogP contribution in [-0.4, -0.2) is 22.9 Å². The van der Waals surface area contributed by atoms with Gasteiger partial charge < -0.3 is 5.32 Å². The molecule has 17 heavy (non-hydrogen) atoms. The number of nitrogens with zero attached hydrogens (tertiary/aromatic N) is 2. The lowest BCUT2D eigenvalue weighted by Crippen LogP contribution is -2.32. The lowest BCUT2D eigenvalue weighted by molar-refractivity contribution is 0.385. The summed E-state index contributed by atoms with van der Waals surface area (Å²) < 4.78 is 1.99. The maximum Gasteiger partial charge on any atom is 0.0624 e. The first-order valence-electron chi connectivity index (χ1n) is 6.40. The minimum absolute atomic E-state index is 0.0921. The van der Waals surface area contributed by atoms with Crippen LogP contribution >= 0.6 is 0 Å². The second-order valence-corrected chi connectivity index (χ2v) is 4.92. The van der Waals surface area contributed by atoms with E-state index in [0.29, 0.717) is 0 Å². The Hall–Kier alpha value is -1.09.